The number of hydrogen-bond donors (Lipinski definition) is 0. The molecule has 4 aliphatic heterocycles. The molecule has 2 N–H and O–H groups in total. The molecule has 6 heterocycles. The van der Waals surface area contributed by atoms with E-state index < -0.39 is 0 Å². The number of ether oxygens (including phenoxy) is 6. The van der Waals surface area contributed by atoms with Crippen LogP contribution in [0.4, 0.5) is 11.6 Å². The van der Waals surface area contributed by atoms with E-state index in [0.717, 1.165) is 139 Å². The Morgan fingerprint density at radius 1 is 0.542 bits per heavy atom. The maximum Gasteiger partial charge on any atom is 0.161 e. The van der Waals surface area contributed by atoms with E-state index in [4.69, 9.17) is 28.4 Å². The second-order valence-electron chi connectivity index (χ2n) is 14.7. The highest BCUT2D eigenvalue weighted by Crippen LogP contribution is 2.38. The monoisotopic (exact) mass is 856 g/mol. The zero-order valence-corrected chi connectivity index (χ0v) is 36.5. The van der Waals surface area contributed by atoms with Crippen molar-refractivity contribution in [3.8, 4) is 23.0 Å². The van der Waals surface area contributed by atoms with E-state index in [1.165, 1.54) is 22.3 Å². The number of nitrogens with zero attached hydrogens (tertiary/aromatic N) is 6. The largest absolute Gasteiger partial charge is 0.493 e. The van der Waals surface area contributed by atoms with Gasteiger partial charge >= 0.3 is 0 Å². The minimum absolute atomic E-state index is 0. The fraction of sp³-hybridized carbons (Fsp3) is 0.500. The minimum Gasteiger partial charge on any atom is -0.493 e. The summed E-state index contributed by atoms with van der Waals surface area (Å²) in [5, 5.41) is 0. The summed E-state index contributed by atoms with van der Waals surface area (Å²) in [6, 6.07) is 20.6. The number of methoxy groups -OCH3 is 4. The highest BCUT2D eigenvalue weighted by atomic mass is 35.5. The molecular formula is C44H62Cl2N6O7. The van der Waals surface area contributed by atoms with Crippen molar-refractivity contribution in [2.75, 3.05) is 117 Å². The minimum atomic E-state index is 0. The Bertz CT molecular complexity index is 1700. The smallest absolute Gasteiger partial charge is 0.161 e. The van der Waals surface area contributed by atoms with Gasteiger partial charge in [-0.25, -0.2) is 9.97 Å². The Morgan fingerprint density at radius 3 is 1.25 bits per heavy atom. The van der Waals surface area contributed by atoms with Gasteiger partial charge in [-0.3, -0.25) is 9.80 Å². The molecule has 324 valence electrons. The fourth-order valence-electron chi connectivity index (χ4n) is 8.23. The van der Waals surface area contributed by atoms with Crippen molar-refractivity contribution in [2.45, 2.75) is 37.9 Å². The summed E-state index contributed by atoms with van der Waals surface area (Å²) in [7, 11) is 6.76. The van der Waals surface area contributed by atoms with Gasteiger partial charge in [0.15, 0.2) is 23.0 Å². The Labute approximate surface area is 362 Å². The second kappa shape index (κ2) is 23.6. The summed E-state index contributed by atoms with van der Waals surface area (Å²) in [4.78, 5) is 18.7. The van der Waals surface area contributed by atoms with Crippen LogP contribution in [0.25, 0.3) is 0 Å². The molecule has 0 aliphatic carbocycles. The molecule has 59 heavy (non-hydrogen) atoms. The molecule has 15 heteroatoms. The van der Waals surface area contributed by atoms with Crippen LogP contribution in [0, 0.1) is 0 Å². The first-order chi connectivity index (χ1) is 27.6. The molecule has 0 saturated carbocycles. The first-order valence-electron chi connectivity index (χ1n) is 20.1. The molecule has 2 aromatic heterocycles. The van der Waals surface area contributed by atoms with E-state index in [9.17, 15) is 0 Å². The average molecular weight is 858 g/mol. The van der Waals surface area contributed by atoms with Gasteiger partial charge in [0.25, 0.3) is 0 Å². The van der Waals surface area contributed by atoms with Crippen molar-refractivity contribution in [1.82, 2.24) is 19.8 Å². The topological polar surface area (TPSA) is 126 Å². The molecule has 2 aromatic carbocycles. The van der Waals surface area contributed by atoms with Crippen LogP contribution in [0.15, 0.2) is 73.1 Å². The lowest BCUT2D eigenvalue weighted by atomic mass is 9.98. The van der Waals surface area contributed by atoms with Crippen molar-refractivity contribution in [3.63, 3.8) is 0 Å². The van der Waals surface area contributed by atoms with Crippen LogP contribution in [0.2, 0.25) is 0 Å². The third kappa shape index (κ3) is 12.0. The van der Waals surface area contributed by atoms with Crippen molar-refractivity contribution < 1.29 is 33.9 Å². The van der Waals surface area contributed by atoms with E-state index in [2.05, 4.69) is 66.0 Å². The standard InChI is InChI=1S/2C22H29N3O3.2ClH.H2O/c2*1-26-19-14-17-6-5-13-28-21(18(17)15-20(19)27-2)16-24-9-11-25(12-10-24)22-7-3-4-8-23-22;;;/h2*3-4,7-8,14-15,21H,5-6,9-13,16H2,1-2H3;2*1H;1H2. The van der Waals surface area contributed by atoms with E-state index in [1.807, 2.05) is 36.7 Å². The lowest BCUT2D eigenvalue weighted by molar-refractivity contribution is 0.0267. The van der Waals surface area contributed by atoms with Gasteiger partial charge in [-0.15, -0.1) is 24.8 Å². The molecule has 2 fully saturated rings. The van der Waals surface area contributed by atoms with Gasteiger partial charge in [0.1, 0.15) is 11.6 Å². The number of hydrogen-bond acceptors (Lipinski definition) is 12. The van der Waals surface area contributed by atoms with Crippen LogP contribution in [0.3, 0.4) is 0 Å². The molecule has 0 spiro atoms. The molecule has 2 unspecified atom stereocenters. The van der Waals surface area contributed by atoms with Gasteiger partial charge in [0, 0.05) is 91.1 Å². The normalized spacial score (nSPS) is 19.3. The van der Waals surface area contributed by atoms with Crippen molar-refractivity contribution in [2.24, 2.45) is 0 Å². The maximum atomic E-state index is 6.25. The van der Waals surface area contributed by atoms with Crippen LogP contribution in [-0.2, 0) is 22.3 Å². The maximum absolute atomic E-state index is 6.25. The summed E-state index contributed by atoms with van der Waals surface area (Å²) in [5.74, 6) is 5.27. The summed E-state index contributed by atoms with van der Waals surface area (Å²) in [6.45, 7) is 11.4. The molecular weight excluding hydrogens is 795 g/mol. The van der Waals surface area contributed by atoms with Crippen molar-refractivity contribution in [1.29, 1.82) is 0 Å². The third-order valence-corrected chi connectivity index (χ3v) is 11.3. The van der Waals surface area contributed by atoms with Crippen LogP contribution in [0.5, 0.6) is 23.0 Å². The fourth-order valence-corrected chi connectivity index (χ4v) is 8.23. The van der Waals surface area contributed by atoms with Crippen molar-refractivity contribution in [3.05, 3.63) is 95.3 Å². The Balaban J connectivity index is 0.000000248. The van der Waals surface area contributed by atoms with E-state index in [1.54, 1.807) is 28.4 Å². The number of aryl methyl sites for hydroxylation is 2. The number of aromatic nitrogens is 2. The first-order valence-corrected chi connectivity index (χ1v) is 20.1. The predicted octanol–water partition coefficient (Wildman–Crippen LogP) is 5.87. The van der Waals surface area contributed by atoms with Crippen LogP contribution >= 0.6 is 24.8 Å². The number of rotatable bonds is 10. The Morgan fingerprint density at radius 2 is 0.915 bits per heavy atom. The van der Waals surface area contributed by atoms with Crippen LogP contribution < -0.4 is 28.7 Å². The van der Waals surface area contributed by atoms with E-state index in [0.29, 0.717) is 0 Å². The van der Waals surface area contributed by atoms with Gasteiger partial charge in [0.05, 0.1) is 40.6 Å². The molecule has 0 amide bonds. The number of fused-ring (bicyclic) bond motifs is 2. The number of benzene rings is 2. The van der Waals surface area contributed by atoms with Crippen LogP contribution in [-0.4, -0.2) is 132 Å². The van der Waals surface area contributed by atoms with Gasteiger partial charge in [0.2, 0.25) is 0 Å². The number of pyridine rings is 2. The first kappa shape index (κ1) is 47.6. The lowest BCUT2D eigenvalue weighted by Gasteiger charge is -2.37. The Hall–Kier alpha value is -4.08. The lowest BCUT2D eigenvalue weighted by Crippen LogP contribution is -2.48. The summed E-state index contributed by atoms with van der Waals surface area (Å²) in [5.41, 5.74) is 5.10. The Kier molecular flexibility index (Phi) is 19.1. The van der Waals surface area contributed by atoms with E-state index >= 15 is 0 Å². The molecule has 4 aromatic rings. The quantitative estimate of drug-likeness (QED) is 0.190. The summed E-state index contributed by atoms with van der Waals surface area (Å²) >= 11 is 0. The average Bonchev–Trinajstić information content (AvgIpc) is 3.58. The predicted molar refractivity (Wildman–Crippen MR) is 237 cm³/mol. The molecule has 2 saturated heterocycles. The van der Waals surface area contributed by atoms with Gasteiger partial charge in [-0.1, -0.05) is 12.1 Å². The van der Waals surface area contributed by atoms with E-state index in [-0.39, 0.29) is 42.5 Å². The number of halogens is 2. The highest BCUT2D eigenvalue weighted by molar-refractivity contribution is 5.85. The molecule has 0 bridgehead atoms. The zero-order chi connectivity index (χ0) is 38.7. The molecule has 2 atom stereocenters. The number of anilines is 2. The van der Waals surface area contributed by atoms with Gasteiger partial charge < -0.3 is 43.7 Å². The molecule has 8 rings (SSSR count). The number of piperazine rings is 2. The molecule has 13 nitrogen and oxygen atoms in total. The van der Waals surface area contributed by atoms with Crippen molar-refractivity contribution >= 4 is 36.4 Å². The summed E-state index contributed by atoms with van der Waals surface area (Å²) < 4.78 is 34.6. The highest BCUT2D eigenvalue weighted by Gasteiger charge is 2.28. The SMILES string of the molecule is COc1cc2c(cc1OC)C(CN1CCN(c3ccccn3)CC1)OCCC2.COc1cc2c(cc1OC)C(CN1CCN(c3ccccn3)CC1)OCCC2.Cl.Cl.O. The van der Waals surface area contributed by atoms with Gasteiger partial charge in [-0.2, -0.15) is 0 Å². The third-order valence-electron chi connectivity index (χ3n) is 11.3. The zero-order valence-electron chi connectivity index (χ0n) is 34.8. The van der Waals surface area contributed by atoms with Gasteiger partial charge in [-0.05, 0) is 96.5 Å². The second-order valence-corrected chi connectivity index (χ2v) is 14.7. The molecule has 4 aliphatic rings. The molecule has 0 radical (unpaired) electrons. The summed E-state index contributed by atoms with van der Waals surface area (Å²) in [6.07, 6.45) is 7.95. The van der Waals surface area contributed by atoms with Crippen LogP contribution in [0.1, 0.15) is 47.3 Å².